The molecule has 2 heteroatoms. The maximum atomic E-state index is 5.35. The van der Waals surface area contributed by atoms with Gasteiger partial charge in [0.2, 0.25) is 0 Å². The Bertz CT molecular complexity index is 98.3. The molecule has 0 amide bonds. The molecule has 1 aliphatic rings. The lowest BCUT2D eigenvalue weighted by Crippen LogP contribution is -2.17. The second-order valence-electron chi connectivity index (χ2n) is 1.71. The molecule has 40 valence electrons. The molecular weight excluding hydrogens is 90.1 g/mol. The lowest BCUT2D eigenvalue weighted by Gasteiger charge is -2.01. The first-order valence-corrected chi connectivity index (χ1v) is 2.38. The molecule has 0 radical (unpaired) electrons. The van der Waals surface area contributed by atoms with Gasteiger partial charge in [-0.15, -0.1) is 0 Å². The van der Waals surface area contributed by atoms with E-state index in [1.54, 1.807) is 0 Å². The first-order valence-electron chi connectivity index (χ1n) is 2.38. The zero-order valence-corrected chi connectivity index (χ0v) is 4.35. The van der Waals surface area contributed by atoms with Crippen molar-refractivity contribution < 1.29 is 4.74 Å². The predicted octanol–water partition coefficient (Wildman–Crippen LogP) is 0.595. The summed E-state index contributed by atoms with van der Waals surface area (Å²) in [6, 6.07) is 0. The smallest absolute Gasteiger partial charge is 0.150 e. The summed E-state index contributed by atoms with van der Waals surface area (Å²) in [5.74, 6) is 0.951. The van der Waals surface area contributed by atoms with Crippen LogP contribution in [0, 0.1) is 0 Å². The Kier molecular flexibility index (Phi) is 1.02. The molecule has 0 bridgehead atoms. The van der Waals surface area contributed by atoms with E-state index < -0.39 is 0 Å². The minimum atomic E-state index is -0.0694. The molecule has 1 rings (SSSR count). The van der Waals surface area contributed by atoms with Crippen molar-refractivity contribution in [2.45, 2.75) is 19.6 Å². The van der Waals surface area contributed by atoms with Crippen LogP contribution < -0.4 is 5.73 Å². The number of rotatable bonds is 0. The Morgan fingerprint density at radius 2 is 2.71 bits per heavy atom. The van der Waals surface area contributed by atoms with Gasteiger partial charge in [-0.1, -0.05) is 0 Å². The lowest BCUT2D eigenvalue weighted by molar-refractivity contribution is 0.151. The average Bonchev–Trinajstić information content (AvgIpc) is 1.87. The minimum absolute atomic E-state index is 0.0694. The van der Waals surface area contributed by atoms with E-state index in [0.717, 1.165) is 12.2 Å². The summed E-state index contributed by atoms with van der Waals surface area (Å²) in [6.45, 7) is 1.91. The van der Waals surface area contributed by atoms with Crippen LogP contribution in [0.4, 0.5) is 0 Å². The average molecular weight is 99.1 g/mol. The number of nitrogens with two attached hydrogens (primary N) is 1. The molecular formula is C5H9NO. The van der Waals surface area contributed by atoms with Gasteiger partial charge < -0.3 is 4.74 Å². The SMILES string of the molecule is CC1=CCC(N)O1. The van der Waals surface area contributed by atoms with Crippen LogP contribution in [0.2, 0.25) is 0 Å². The van der Waals surface area contributed by atoms with Gasteiger partial charge in [0.1, 0.15) is 0 Å². The summed E-state index contributed by atoms with van der Waals surface area (Å²) in [6.07, 6.45) is 2.79. The Balaban J connectivity index is 2.42. The largest absolute Gasteiger partial charge is 0.480 e. The van der Waals surface area contributed by atoms with Crippen LogP contribution >= 0.6 is 0 Å². The van der Waals surface area contributed by atoms with E-state index in [1.807, 2.05) is 13.0 Å². The first kappa shape index (κ1) is 4.65. The molecule has 1 aliphatic heterocycles. The van der Waals surface area contributed by atoms with Crippen molar-refractivity contribution >= 4 is 0 Å². The Morgan fingerprint density at radius 1 is 2.00 bits per heavy atom. The van der Waals surface area contributed by atoms with Crippen LogP contribution in [0.25, 0.3) is 0 Å². The van der Waals surface area contributed by atoms with E-state index in [2.05, 4.69) is 0 Å². The highest BCUT2D eigenvalue weighted by Crippen LogP contribution is 2.10. The Hall–Kier alpha value is -0.500. The van der Waals surface area contributed by atoms with Crippen molar-refractivity contribution in [2.24, 2.45) is 5.73 Å². The van der Waals surface area contributed by atoms with Crippen LogP contribution in [-0.4, -0.2) is 6.23 Å². The summed E-state index contributed by atoms with van der Waals surface area (Å²) < 4.78 is 5.00. The van der Waals surface area contributed by atoms with E-state index in [0.29, 0.717) is 0 Å². The molecule has 2 nitrogen and oxygen atoms in total. The van der Waals surface area contributed by atoms with Gasteiger partial charge in [0.05, 0.1) is 5.76 Å². The number of hydrogen-bond donors (Lipinski definition) is 1. The van der Waals surface area contributed by atoms with Gasteiger partial charge >= 0.3 is 0 Å². The van der Waals surface area contributed by atoms with E-state index in [-0.39, 0.29) is 6.23 Å². The van der Waals surface area contributed by atoms with Crippen molar-refractivity contribution in [1.29, 1.82) is 0 Å². The summed E-state index contributed by atoms with van der Waals surface area (Å²) in [7, 11) is 0. The highest BCUT2D eigenvalue weighted by molar-refractivity contribution is 4.95. The van der Waals surface area contributed by atoms with Gasteiger partial charge in [-0.05, 0) is 13.0 Å². The topological polar surface area (TPSA) is 35.2 Å². The van der Waals surface area contributed by atoms with Gasteiger partial charge in [-0.2, -0.15) is 0 Å². The van der Waals surface area contributed by atoms with Crippen molar-refractivity contribution in [3.63, 3.8) is 0 Å². The van der Waals surface area contributed by atoms with Crippen molar-refractivity contribution in [2.75, 3.05) is 0 Å². The number of hydrogen-bond acceptors (Lipinski definition) is 2. The van der Waals surface area contributed by atoms with Gasteiger partial charge in [0, 0.05) is 6.42 Å². The third-order valence-electron chi connectivity index (χ3n) is 0.975. The van der Waals surface area contributed by atoms with Gasteiger partial charge in [0.15, 0.2) is 6.23 Å². The molecule has 1 heterocycles. The third kappa shape index (κ3) is 0.933. The Morgan fingerprint density at radius 3 is 2.86 bits per heavy atom. The first-order chi connectivity index (χ1) is 3.29. The van der Waals surface area contributed by atoms with Crippen LogP contribution in [0.15, 0.2) is 11.8 Å². The minimum Gasteiger partial charge on any atom is -0.480 e. The second-order valence-corrected chi connectivity index (χ2v) is 1.71. The van der Waals surface area contributed by atoms with Crippen molar-refractivity contribution in [3.8, 4) is 0 Å². The standard InChI is InChI=1S/C5H9NO/c1-4-2-3-5(6)7-4/h2,5H,3,6H2,1H3. The molecule has 0 spiro atoms. The molecule has 7 heavy (non-hydrogen) atoms. The molecule has 0 aliphatic carbocycles. The molecule has 0 aromatic rings. The fourth-order valence-electron chi connectivity index (χ4n) is 0.617. The van der Waals surface area contributed by atoms with Crippen molar-refractivity contribution in [3.05, 3.63) is 11.8 Å². The highest BCUT2D eigenvalue weighted by Gasteiger charge is 2.07. The molecule has 0 saturated heterocycles. The molecule has 2 N–H and O–H groups in total. The molecule has 0 aromatic heterocycles. The molecule has 0 fully saturated rings. The summed E-state index contributed by atoms with van der Waals surface area (Å²) in [5.41, 5.74) is 5.35. The maximum absolute atomic E-state index is 5.35. The van der Waals surface area contributed by atoms with Gasteiger partial charge in [0.25, 0.3) is 0 Å². The molecule has 0 aromatic carbocycles. The van der Waals surface area contributed by atoms with E-state index in [9.17, 15) is 0 Å². The van der Waals surface area contributed by atoms with E-state index >= 15 is 0 Å². The summed E-state index contributed by atoms with van der Waals surface area (Å²) >= 11 is 0. The van der Waals surface area contributed by atoms with E-state index in [4.69, 9.17) is 10.5 Å². The lowest BCUT2D eigenvalue weighted by atomic mass is 10.4. The monoisotopic (exact) mass is 99.1 g/mol. The fourth-order valence-corrected chi connectivity index (χ4v) is 0.617. The normalized spacial score (nSPS) is 29.4. The van der Waals surface area contributed by atoms with Crippen molar-refractivity contribution in [1.82, 2.24) is 0 Å². The van der Waals surface area contributed by atoms with E-state index in [1.165, 1.54) is 0 Å². The third-order valence-corrected chi connectivity index (χ3v) is 0.975. The van der Waals surface area contributed by atoms with Gasteiger partial charge in [-0.3, -0.25) is 5.73 Å². The van der Waals surface area contributed by atoms with Crippen LogP contribution in [0.1, 0.15) is 13.3 Å². The number of allylic oxidation sites excluding steroid dienone is 1. The zero-order chi connectivity index (χ0) is 5.28. The van der Waals surface area contributed by atoms with Crippen LogP contribution in [-0.2, 0) is 4.74 Å². The van der Waals surface area contributed by atoms with Crippen LogP contribution in [0.5, 0.6) is 0 Å². The zero-order valence-electron chi connectivity index (χ0n) is 4.35. The summed E-state index contributed by atoms with van der Waals surface area (Å²) in [4.78, 5) is 0. The molecule has 1 atom stereocenters. The molecule has 1 unspecified atom stereocenters. The quantitative estimate of drug-likeness (QED) is 0.482. The summed E-state index contributed by atoms with van der Waals surface area (Å²) in [5, 5.41) is 0. The second kappa shape index (κ2) is 1.54. The van der Waals surface area contributed by atoms with Crippen LogP contribution in [0.3, 0.4) is 0 Å². The predicted molar refractivity (Wildman–Crippen MR) is 27.4 cm³/mol. The number of ether oxygens (including phenoxy) is 1. The van der Waals surface area contributed by atoms with Gasteiger partial charge in [-0.25, -0.2) is 0 Å². The fraction of sp³-hybridized carbons (Fsp3) is 0.600. The highest BCUT2D eigenvalue weighted by atomic mass is 16.5. The Labute approximate surface area is 43.0 Å². The molecule has 0 saturated carbocycles. The maximum Gasteiger partial charge on any atom is 0.150 e.